The number of anilines is 14. The lowest BCUT2D eigenvalue weighted by atomic mass is 10.1. The average Bonchev–Trinajstić information content (AvgIpc) is 1.62. The van der Waals surface area contributed by atoms with E-state index in [1.54, 1.807) is 121 Å². The molecule has 7 N–H and O–H groups in total. The third-order valence-corrected chi connectivity index (χ3v) is 19.7. The highest BCUT2D eigenvalue weighted by molar-refractivity contribution is 9.11. The minimum Gasteiger partial charge on any atom is -0.396 e. The summed E-state index contributed by atoms with van der Waals surface area (Å²) in [5, 5.41) is 37.3. The number of carbonyl (C=O) groups is 4. The van der Waals surface area contributed by atoms with Gasteiger partial charge < -0.3 is 56.8 Å². The van der Waals surface area contributed by atoms with E-state index in [2.05, 4.69) is 136 Å². The van der Waals surface area contributed by atoms with Crippen LogP contribution < -0.4 is 56.8 Å². The molecule has 0 atom stereocenters. The van der Waals surface area contributed by atoms with Crippen molar-refractivity contribution in [1.82, 2.24) is 54.8 Å². The second-order valence-corrected chi connectivity index (χ2v) is 30.4. The molecule has 0 radical (unpaired) electrons. The number of nitrogens with two attached hydrogens (primary N) is 1. The highest BCUT2D eigenvalue weighted by atomic mass is 79.9. The van der Waals surface area contributed by atoms with Crippen molar-refractivity contribution in [3.05, 3.63) is 254 Å². The number of halogens is 12. The third kappa shape index (κ3) is 24.7. The number of aromatic nitrogens is 11. The Labute approximate surface area is 758 Å². The Kier molecular flexibility index (Phi) is 35.6. The molecule has 44 heteroatoms. The van der Waals surface area contributed by atoms with E-state index in [1.165, 1.54) is 30.5 Å². The zero-order valence-corrected chi connectivity index (χ0v) is 75.9. The summed E-state index contributed by atoms with van der Waals surface area (Å²) in [7, 11) is 3.46. The van der Waals surface area contributed by atoms with E-state index in [0.29, 0.717) is 161 Å². The zero-order chi connectivity index (χ0) is 87.9. The summed E-state index contributed by atoms with van der Waals surface area (Å²) in [6.07, 6.45) is 9.08. The number of fused-ring (bicyclic) bond motifs is 6. The molecule has 0 aromatic carbocycles. The van der Waals surface area contributed by atoms with Crippen molar-refractivity contribution in [2.75, 3.05) is 110 Å². The van der Waals surface area contributed by atoms with E-state index in [-0.39, 0.29) is 67.0 Å². The summed E-state index contributed by atoms with van der Waals surface area (Å²) in [4.78, 5) is 124. The molecule has 3 aliphatic heterocycles. The van der Waals surface area contributed by atoms with Gasteiger partial charge in [-0.2, -0.15) is 0 Å². The average molecular weight is 2010 g/mol. The number of hydrogen-bond acceptors (Lipinski definition) is 26. The standard InChI is InChI=1S/C17H17ClN4O.C14H12BrClN4O.C13H11BrCl2N4O.C13H10BrClN4O.C7H8ClN3O2.C7H10ClN3.C5H2Cl2N2O2/c1-4-6-11-9-12-15(19-10-11)22(5-2)16-13(21(3)17(12)23)7-8-14(18)20-16;1-3-20-12-9(6-8(15)7-17-12)14(21)19(2)10-4-5-11(16)18-13(10)20;1-2-17-12-9(3-4-10(15)20-12)19-13(21)8-5-7(14)6-18-11(8)16;1-2-19-11-8(5-7(14)6-16-11)13(20)17-9-3-4-10(15)18-12(9)19;1-2-9-7-5(11(12)13)3-4-6(8)10-7;1-2-10-7-5(9)3-4-6(8)11-7;6-4-2-1-3(9(10)11)5(7)8-4/h4,7-10H,1,5-6H2,2-3H3;4-7H,3H2,1-2H3;3-6H,2H2,1H3,(H,17,20)(H,19,21);3-6H,2H2,1H3,(H,17,20);3-4H,2H2,1H3,(H,9,10);3-4H,2,9H2,1H3,(H,10,11);1-2H. The van der Waals surface area contributed by atoms with Gasteiger partial charge in [-0.3, -0.25) is 39.4 Å². The van der Waals surface area contributed by atoms with Gasteiger partial charge in [0.25, 0.3) is 23.6 Å². The molecule has 14 rings (SSSR count). The number of carbonyl (C=O) groups excluding carboxylic acids is 4. The molecule has 3 aliphatic rings. The minimum absolute atomic E-state index is 0.0637. The van der Waals surface area contributed by atoms with Crippen molar-refractivity contribution in [3.8, 4) is 0 Å². The summed E-state index contributed by atoms with van der Waals surface area (Å²) < 4.78 is 2.17. The van der Waals surface area contributed by atoms with E-state index >= 15 is 0 Å². The predicted molar refractivity (Wildman–Crippen MR) is 488 cm³/mol. The molecule has 120 heavy (non-hydrogen) atoms. The van der Waals surface area contributed by atoms with Gasteiger partial charge in [0.05, 0.1) is 60.5 Å². The first kappa shape index (κ1) is 95.2. The first-order valence-corrected chi connectivity index (χ1v) is 41.3. The highest BCUT2D eigenvalue weighted by Crippen LogP contribution is 2.42. The molecule has 4 amide bonds. The molecule has 0 bridgehead atoms. The van der Waals surface area contributed by atoms with Crippen molar-refractivity contribution in [1.29, 1.82) is 0 Å². The summed E-state index contributed by atoms with van der Waals surface area (Å²) in [5.74, 6) is 4.16. The van der Waals surface area contributed by atoms with Crippen molar-refractivity contribution in [3.63, 3.8) is 0 Å². The number of nitro groups is 2. The minimum atomic E-state index is -0.619. The van der Waals surface area contributed by atoms with E-state index in [0.717, 1.165) is 21.1 Å². The fourth-order valence-electron chi connectivity index (χ4n) is 11.0. The summed E-state index contributed by atoms with van der Waals surface area (Å²) >= 11 is 61.8. The molecule has 14 heterocycles. The molecule has 0 aliphatic carbocycles. The second-order valence-electron chi connectivity index (χ2n) is 24.2. The van der Waals surface area contributed by atoms with Gasteiger partial charge >= 0.3 is 11.4 Å². The number of allylic oxidation sites excluding steroid dienone is 1. The van der Waals surface area contributed by atoms with Crippen LogP contribution in [0.3, 0.4) is 0 Å². The monoisotopic (exact) mass is 2000 g/mol. The Morgan fingerprint density at radius 3 is 1.42 bits per heavy atom. The molecular formula is C76H70Br3Cl9N24O8. The van der Waals surface area contributed by atoms with Crippen LogP contribution in [0.1, 0.15) is 88.5 Å². The number of nitrogens with one attached hydrogen (secondary N) is 5. The number of rotatable bonds is 15. The molecule has 32 nitrogen and oxygen atoms in total. The second kappa shape index (κ2) is 44.8. The number of pyridine rings is 11. The molecule has 11 aromatic rings. The summed E-state index contributed by atoms with van der Waals surface area (Å²) in [6.45, 7) is 19.3. The molecule has 0 unspecified atom stereocenters. The van der Waals surface area contributed by atoms with Crippen LogP contribution in [-0.4, -0.2) is 142 Å². The lowest BCUT2D eigenvalue weighted by Gasteiger charge is -2.23. The van der Waals surface area contributed by atoms with Gasteiger partial charge in [0.1, 0.15) is 58.7 Å². The van der Waals surface area contributed by atoms with Crippen LogP contribution in [0.25, 0.3) is 0 Å². The Bertz CT molecular complexity index is 5650. The van der Waals surface area contributed by atoms with Crippen LogP contribution in [0.5, 0.6) is 0 Å². The van der Waals surface area contributed by atoms with Gasteiger partial charge in [0.2, 0.25) is 11.0 Å². The quantitative estimate of drug-likeness (QED) is 0.0240. The van der Waals surface area contributed by atoms with Crippen molar-refractivity contribution in [2.24, 2.45) is 0 Å². The number of nitrogens with zero attached hydrogens (tertiary/aromatic N) is 18. The van der Waals surface area contributed by atoms with E-state index in [4.69, 9.17) is 110 Å². The molecule has 626 valence electrons. The van der Waals surface area contributed by atoms with Crippen LogP contribution in [0.4, 0.5) is 92.2 Å². The maximum absolute atomic E-state index is 12.9. The largest absolute Gasteiger partial charge is 0.396 e. The number of nitrogen functional groups attached to an aromatic ring is 1. The molecule has 0 saturated carbocycles. The van der Waals surface area contributed by atoms with E-state index < -0.39 is 9.85 Å². The van der Waals surface area contributed by atoms with Crippen molar-refractivity contribution < 1.29 is 29.0 Å². The maximum Gasteiger partial charge on any atom is 0.311 e. The topological polar surface area (TPSA) is 399 Å². The SMILES string of the molecule is C=CCc1cnc2c(c1)C(=O)N(C)c1ccc(Cl)nc1N2CC.CCN1c2nc(Cl)ccc2NC(=O)c2cc(Br)cnc21.CCN1c2ncc(Br)cc2C(=O)N(C)c2ccc(Cl)nc21.CCNc1nc(Cl)ccc1N.CCNc1nc(Cl)ccc1NC(=O)c1cc(Br)cnc1Cl.CCNc1nc(Cl)ccc1[N+](=O)[O-].O=[N+]([O-])c1ccc(Cl)nc1Cl. The van der Waals surface area contributed by atoms with Gasteiger partial charge in [-0.15, -0.1) is 6.58 Å². The predicted octanol–water partition coefficient (Wildman–Crippen LogP) is 21.2. The fraction of sp³-hybridized carbons (Fsp3) is 0.197. The highest BCUT2D eigenvalue weighted by Gasteiger charge is 2.34. The molecule has 11 aromatic heterocycles. The number of hydrogen-bond donors (Lipinski definition) is 6. The molecule has 0 saturated heterocycles. The van der Waals surface area contributed by atoms with Gasteiger partial charge in [-0.05, 0) is 198 Å². The third-order valence-electron chi connectivity index (χ3n) is 16.3. The Morgan fingerprint density at radius 1 is 0.483 bits per heavy atom. The van der Waals surface area contributed by atoms with Gasteiger partial charge in [0.15, 0.2) is 29.1 Å². The maximum atomic E-state index is 12.9. The van der Waals surface area contributed by atoms with Crippen LogP contribution in [-0.2, 0) is 6.42 Å². The first-order chi connectivity index (χ1) is 57.2. The van der Waals surface area contributed by atoms with Gasteiger partial charge in [0, 0.05) is 104 Å². The van der Waals surface area contributed by atoms with Crippen molar-refractivity contribution >= 4 is 268 Å². The van der Waals surface area contributed by atoms with E-state index in [1.807, 2.05) is 68.4 Å². The van der Waals surface area contributed by atoms with Crippen LogP contribution in [0.2, 0.25) is 46.4 Å². The summed E-state index contributed by atoms with van der Waals surface area (Å²) in [6, 6.07) is 29.2. The van der Waals surface area contributed by atoms with Gasteiger partial charge in [-0.1, -0.05) is 110 Å². The Balaban J connectivity index is 0.000000177. The summed E-state index contributed by atoms with van der Waals surface area (Å²) in [5.41, 5.74) is 11.3. The number of amides is 4. The lowest BCUT2D eigenvalue weighted by molar-refractivity contribution is -0.385. The lowest BCUT2D eigenvalue weighted by Crippen LogP contribution is -2.25. The molecule has 0 fully saturated rings. The van der Waals surface area contributed by atoms with Crippen LogP contribution in [0.15, 0.2) is 160 Å². The smallest absolute Gasteiger partial charge is 0.311 e. The zero-order valence-electron chi connectivity index (χ0n) is 64.4. The molecular weight excluding hydrogens is 1940 g/mol. The molecule has 0 spiro atoms. The van der Waals surface area contributed by atoms with Crippen LogP contribution >= 0.6 is 152 Å². The Hall–Kier alpha value is -10.3. The van der Waals surface area contributed by atoms with E-state index in [9.17, 15) is 39.4 Å². The van der Waals surface area contributed by atoms with Crippen molar-refractivity contribution in [2.45, 2.75) is 48.0 Å². The van der Waals surface area contributed by atoms with Crippen LogP contribution in [0, 0.1) is 20.2 Å². The first-order valence-electron chi connectivity index (χ1n) is 35.5. The normalized spacial score (nSPS) is 11.8. The van der Waals surface area contributed by atoms with Gasteiger partial charge in [-0.25, -0.2) is 54.8 Å². The Morgan fingerprint density at radius 2 is 0.892 bits per heavy atom. The fourth-order valence-corrected chi connectivity index (χ4v) is 13.5.